The van der Waals surface area contributed by atoms with Crippen LogP contribution in [0.15, 0.2) is 18.2 Å². The van der Waals surface area contributed by atoms with E-state index in [1.807, 2.05) is 0 Å². The Morgan fingerprint density at radius 2 is 1.83 bits per heavy atom. The largest absolute Gasteiger partial charge is 0.416 e. The van der Waals surface area contributed by atoms with Gasteiger partial charge < -0.3 is 14.8 Å². The highest BCUT2D eigenvalue weighted by molar-refractivity contribution is 5.48. The molecule has 0 unspecified atom stereocenters. The summed E-state index contributed by atoms with van der Waals surface area (Å²) < 4.78 is 51.0. The zero-order chi connectivity index (χ0) is 26.0. The van der Waals surface area contributed by atoms with E-state index in [4.69, 9.17) is 19.4 Å². The van der Waals surface area contributed by atoms with Crippen LogP contribution in [0.5, 0.6) is 0 Å². The molecule has 3 rings (SSSR count). The lowest BCUT2D eigenvalue weighted by Crippen LogP contribution is -2.36. The molecule has 1 aromatic heterocycles. The molecule has 1 aromatic carbocycles. The molecule has 1 N–H and O–H groups in total. The van der Waals surface area contributed by atoms with Gasteiger partial charge >= 0.3 is 6.18 Å². The van der Waals surface area contributed by atoms with Crippen LogP contribution in [0, 0.1) is 6.92 Å². The molecule has 1 aliphatic rings. The number of ether oxygens (including phenoxy) is 2. The van der Waals surface area contributed by atoms with Gasteiger partial charge in [-0.3, -0.25) is 4.90 Å². The first-order chi connectivity index (χ1) is 17.3. The Hall–Kier alpha value is -2.23. The maximum Gasteiger partial charge on any atom is 0.416 e. The van der Waals surface area contributed by atoms with Gasteiger partial charge in [-0.1, -0.05) is 25.5 Å². The molecular weight excluding hydrogens is 469 g/mol. The van der Waals surface area contributed by atoms with Crippen LogP contribution < -0.4 is 5.32 Å². The van der Waals surface area contributed by atoms with Crippen LogP contribution in [-0.2, 0) is 41.6 Å². The third kappa shape index (κ3) is 8.71. The lowest BCUT2D eigenvalue weighted by atomic mass is 10.0. The normalized spacial score (nSPS) is 14.8. The first kappa shape index (κ1) is 28.3. The molecule has 1 fully saturated rings. The molecule has 2 aromatic rings. The molecule has 0 radical (unpaired) electrons. The van der Waals surface area contributed by atoms with Gasteiger partial charge in [0.15, 0.2) is 0 Å². The molecule has 0 spiro atoms. The highest BCUT2D eigenvalue weighted by Gasteiger charge is 2.30. The van der Waals surface area contributed by atoms with E-state index in [0.29, 0.717) is 36.7 Å². The number of aromatic nitrogens is 2. The van der Waals surface area contributed by atoms with Gasteiger partial charge in [0, 0.05) is 44.1 Å². The summed E-state index contributed by atoms with van der Waals surface area (Å²) in [5, 5.41) is 3.34. The topological polar surface area (TPSA) is 59.5 Å². The Morgan fingerprint density at radius 3 is 2.53 bits per heavy atom. The van der Waals surface area contributed by atoms with Crippen molar-refractivity contribution in [3.05, 3.63) is 52.0 Å². The number of halogens is 3. The highest BCUT2D eigenvalue weighted by Crippen LogP contribution is 2.31. The van der Waals surface area contributed by atoms with Crippen molar-refractivity contribution < 1.29 is 22.6 Å². The van der Waals surface area contributed by atoms with E-state index in [-0.39, 0.29) is 6.54 Å². The summed E-state index contributed by atoms with van der Waals surface area (Å²) in [6, 6.07) is 4.16. The van der Waals surface area contributed by atoms with Crippen molar-refractivity contribution in [1.82, 2.24) is 14.9 Å². The summed E-state index contributed by atoms with van der Waals surface area (Å²) in [6.45, 7) is 11.3. The molecule has 200 valence electrons. The van der Waals surface area contributed by atoms with E-state index in [1.165, 1.54) is 12.1 Å². The molecule has 0 amide bonds. The van der Waals surface area contributed by atoms with Gasteiger partial charge in [0.1, 0.15) is 11.6 Å². The number of anilines is 1. The van der Waals surface area contributed by atoms with Gasteiger partial charge in [-0.15, -0.1) is 0 Å². The first-order valence-electron chi connectivity index (χ1n) is 13.0. The Labute approximate surface area is 212 Å². The minimum Gasteiger partial charge on any atom is -0.381 e. The molecule has 1 saturated heterocycles. The fourth-order valence-electron chi connectivity index (χ4n) is 4.39. The van der Waals surface area contributed by atoms with Crippen molar-refractivity contribution in [2.75, 3.05) is 44.8 Å². The summed E-state index contributed by atoms with van der Waals surface area (Å²) in [6.07, 6.45) is 0.105. The lowest BCUT2D eigenvalue weighted by molar-refractivity contribution is -0.137. The number of benzene rings is 1. The van der Waals surface area contributed by atoms with Gasteiger partial charge in [0.05, 0.1) is 25.3 Å². The second-order valence-electron chi connectivity index (χ2n) is 9.28. The highest BCUT2D eigenvalue weighted by atomic mass is 19.4. The Bertz CT molecular complexity index is 963. The first-order valence-corrected chi connectivity index (χ1v) is 13.0. The van der Waals surface area contributed by atoms with Crippen molar-refractivity contribution in [3.8, 4) is 0 Å². The third-order valence-electron chi connectivity index (χ3n) is 6.19. The third-order valence-corrected chi connectivity index (χ3v) is 6.19. The fourth-order valence-corrected chi connectivity index (χ4v) is 4.39. The van der Waals surface area contributed by atoms with E-state index < -0.39 is 11.7 Å². The van der Waals surface area contributed by atoms with E-state index in [2.05, 4.69) is 24.1 Å². The second kappa shape index (κ2) is 13.9. The van der Waals surface area contributed by atoms with Crippen molar-refractivity contribution >= 4 is 5.82 Å². The molecule has 1 aliphatic heterocycles. The fraction of sp³-hybridized carbons (Fsp3) is 0.630. The Morgan fingerprint density at radius 1 is 1.06 bits per heavy atom. The summed E-state index contributed by atoms with van der Waals surface area (Å²) in [5.74, 6) is 1.44. The number of morpholine rings is 1. The van der Waals surface area contributed by atoms with Crippen LogP contribution in [0.1, 0.15) is 66.9 Å². The number of aryl methyl sites for hydroxylation is 2. The number of nitrogens with zero attached hydrogens (tertiary/aromatic N) is 3. The zero-order valence-electron chi connectivity index (χ0n) is 21.7. The van der Waals surface area contributed by atoms with Crippen LogP contribution in [0.4, 0.5) is 19.0 Å². The number of hydrogen-bond acceptors (Lipinski definition) is 6. The summed E-state index contributed by atoms with van der Waals surface area (Å²) in [4.78, 5) is 12.0. The van der Waals surface area contributed by atoms with Crippen molar-refractivity contribution in [2.45, 2.75) is 72.1 Å². The van der Waals surface area contributed by atoms with Crippen molar-refractivity contribution in [2.24, 2.45) is 0 Å². The van der Waals surface area contributed by atoms with Gasteiger partial charge in [-0.2, -0.15) is 13.2 Å². The SMILES string of the molecule is CCCOCCCCc1nc(CN2CCOCC2)nc(NCc2cc(C)cc(C(F)(F)F)c2)c1CC. The monoisotopic (exact) mass is 508 g/mol. The number of hydrogen-bond donors (Lipinski definition) is 1. The smallest absolute Gasteiger partial charge is 0.381 e. The molecule has 36 heavy (non-hydrogen) atoms. The average molecular weight is 509 g/mol. The van der Waals surface area contributed by atoms with Crippen LogP contribution in [0.3, 0.4) is 0 Å². The molecule has 0 bridgehead atoms. The maximum atomic E-state index is 13.3. The molecule has 9 heteroatoms. The predicted molar refractivity (Wildman–Crippen MR) is 135 cm³/mol. The van der Waals surface area contributed by atoms with Crippen LogP contribution in [0.2, 0.25) is 0 Å². The summed E-state index contributed by atoms with van der Waals surface area (Å²) in [7, 11) is 0. The van der Waals surface area contributed by atoms with Crippen LogP contribution >= 0.6 is 0 Å². The average Bonchev–Trinajstić information content (AvgIpc) is 2.84. The number of nitrogens with one attached hydrogen (secondary N) is 1. The minimum absolute atomic E-state index is 0.260. The number of alkyl halides is 3. The predicted octanol–water partition coefficient (Wildman–Crippen LogP) is 5.56. The van der Waals surface area contributed by atoms with Crippen molar-refractivity contribution in [3.63, 3.8) is 0 Å². The van der Waals surface area contributed by atoms with E-state index >= 15 is 0 Å². The van der Waals surface area contributed by atoms with Gasteiger partial charge in [-0.25, -0.2) is 9.97 Å². The van der Waals surface area contributed by atoms with Crippen LogP contribution in [-0.4, -0.2) is 54.4 Å². The van der Waals surface area contributed by atoms with Gasteiger partial charge in [0.2, 0.25) is 0 Å². The molecule has 0 saturated carbocycles. The second-order valence-corrected chi connectivity index (χ2v) is 9.28. The van der Waals surface area contributed by atoms with E-state index in [0.717, 1.165) is 75.5 Å². The zero-order valence-corrected chi connectivity index (χ0v) is 21.7. The maximum absolute atomic E-state index is 13.3. The molecule has 6 nitrogen and oxygen atoms in total. The van der Waals surface area contributed by atoms with Gasteiger partial charge in [0.25, 0.3) is 0 Å². The van der Waals surface area contributed by atoms with Gasteiger partial charge in [-0.05, 0) is 56.7 Å². The minimum atomic E-state index is -4.37. The van der Waals surface area contributed by atoms with Crippen molar-refractivity contribution in [1.29, 1.82) is 0 Å². The Kier molecular flexibility index (Phi) is 10.9. The van der Waals surface area contributed by atoms with Crippen LogP contribution in [0.25, 0.3) is 0 Å². The van der Waals surface area contributed by atoms with E-state index in [1.54, 1.807) is 13.0 Å². The molecule has 2 heterocycles. The quantitative estimate of drug-likeness (QED) is 0.358. The number of unbranched alkanes of at least 4 members (excludes halogenated alkanes) is 1. The molecule has 0 aliphatic carbocycles. The summed E-state index contributed by atoms with van der Waals surface area (Å²) >= 11 is 0. The summed E-state index contributed by atoms with van der Waals surface area (Å²) in [5.41, 5.74) is 2.57. The van der Waals surface area contributed by atoms with E-state index in [9.17, 15) is 13.2 Å². The molecule has 0 atom stereocenters. The molecular formula is C27H39F3N4O2. The Balaban J connectivity index is 1.80. The standard InChI is InChI=1S/C27H39F3N4O2/c1-4-11-35-12-7-6-8-24-23(5-2)26(33-25(32-24)19-34-9-13-36-14-10-34)31-18-21-15-20(3)16-22(17-21)27(28,29)30/h15-17H,4-14,18-19H2,1-3H3,(H,31,32,33). The number of rotatable bonds is 13. The lowest BCUT2D eigenvalue weighted by Gasteiger charge is -2.26.